The quantitative estimate of drug-likeness (QED) is 0.915. The van der Waals surface area contributed by atoms with Gasteiger partial charge in [-0.25, -0.2) is 9.97 Å². The van der Waals surface area contributed by atoms with Gasteiger partial charge in [-0.1, -0.05) is 20.8 Å². The highest BCUT2D eigenvalue weighted by atomic mass is 16.1. The first-order valence-corrected chi connectivity index (χ1v) is 7.14. The van der Waals surface area contributed by atoms with Gasteiger partial charge in [-0.3, -0.25) is 9.48 Å². The van der Waals surface area contributed by atoms with E-state index in [0.717, 1.165) is 12.1 Å². The molecule has 6 nitrogen and oxygen atoms in total. The molecule has 1 amide bonds. The summed E-state index contributed by atoms with van der Waals surface area (Å²) in [5.74, 6) is 0.681. The number of hydrogen-bond acceptors (Lipinski definition) is 4. The van der Waals surface area contributed by atoms with E-state index in [0.29, 0.717) is 11.5 Å². The van der Waals surface area contributed by atoms with Crippen LogP contribution >= 0.6 is 0 Å². The van der Waals surface area contributed by atoms with Crippen molar-refractivity contribution in [2.45, 2.75) is 39.2 Å². The summed E-state index contributed by atoms with van der Waals surface area (Å²) < 4.78 is 1.77. The lowest BCUT2D eigenvalue weighted by Gasteiger charge is -2.17. The first-order valence-electron chi connectivity index (χ1n) is 7.14. The van der Waals surface area contributed by atoms with Gasteiger partial charge in [-0.15, -0.1) is 0 Å². The molecule has 112 valence electrons. The number of amides is 1. The number of carbonyl (C=O) groups is 1. The molecule has 0 fully saturated rings. The van der Waals surface area contributed by atoms with Crippen molar-refractivity contribution >= 4 is 5.91 Å². The molecule has 2 aromatic rings. The van der Waals surface area contributed by atoms with Crippen LogP contribution in [-0.4, -0.2) is 25.7 Å². The van der Waals surface area contributed by atoms with Crippen LogP contribution in [0.15, 0.2) is 24.5 Å². The second kappa shape index (κ2) is 6.47. The highest BCUT2D eigenvalue weighted by Crippen LogP contribution is 2.16. The van der Waals surface area contributed by atoms with Crippen LogP contribution in [0.1, 0.15) is 61.2 Å². The molecule has 0 aliphatic rings. The van der Waals surface area contributed by atoms with Crippen LogP contribution in [0.2, 0.25) is 0 Å². The minimum atomic E-state index is -0.188. The molecule has 0 spiro atoms. The highest BCUT2D eigenvalue weighted by molar-refractivity contribution is 5.92. The Balaban J connectivity index is 2.17. The van der Waals surface area contributed by atoms with Crippen LogP contribution in [0.25, 0.3) is 0 Å². The summed E-state index contributed by atoms with van der Waals surface area (Å²) in [5.41, 5.74) is 1.37. The lowest BCUT2D eigenvalue weighted by atomic mass is 10.1. The van der Waals surface area contributed by atoms with Crippen LogP contribution in [0.5, 0.6) is 0 Å². The van der Waals surface area contributed by atoms with Gasteiger partial charge in [0.25, 0.3) is 5.91 Å². The first-order chi connectivity index (χ1) is 10.0. The molecule has 1 N–H and O–H groups in total. The van der Waals surface area contributed by atoms with Gasteiger partial charge in [-0.2, -0.15) is 5.10 Å². The molecule has 21 heavy (non-hydrogen) atoms. The minimum Gasteiger partial charge on any atom is -0.342 e. The second-order valence-electron chi connectivity index (χ2n) is 5.27. The maximum absolute atomic E-state index is 12.4. The Morgan fingerprint density at radius 1 is 1.33 bits per heavy atom. The van der Waals surface area contributed by atoms with E-state index >= 15 is 0 Å². The van der Waals surface area contributed by atoms with E-state index in [1.54, 1.807) is 23.1 Å². The van der Waals surface area contributed by atoms with Gasteiger partial charge in [0.05, 0.1) is 11.7 Å². The number of carbonyl (C=O) groups excluding carboxylic acids is 1. The summed E-state index contributed by atoms with van der Waals surface area (Å²) in [4.78, 5) is 20.9. The number of aryl methyl sites for hydroxylation is 1. The van der Waals surface area contributed by atoms with Crippen molar-refractivity contribution in [3.8, 4) is 0 Å². The fourth-order valence-corrected chi connectivity index (χ4v) is 2.12. The van der Waals surface area contributed by atoms with Gasteiger partial charge in [0.15, 0.2) is 0 Å². The van der Waals surface area contributed by atoms with Crippen LogP contribution in [-0.2, 0) is 7.05 Å². The van der Waals surface area contributed by atoms with Crippen molar-refractivity contribution < 1.29 is 4.79 Å². The Labute approximate surface area is 124 Å². The van der Waals surface area contributed by atoms with E-state index in [2.05, 4.69) is 20.4 Å². The van der Waals surface area contributed by atoms with E-state index in [-0.39, 0.29) is 17.9 Å². The van der Waals surface area contributed by atoms with Crippen LogP contribution in [0, 0.1) is 0 Å². The SMILES string of the molecule is CC[C@H](NC(=O)c1ccnc(C(C)C)n1)c1ccnn1C. The Bertz CT molecular complexity index is 620. The van der Waals surface area contributed by atoms with Crippen molar-refractivity contribution in [2.24, 2.45) is 7.05 Å². The van der Waals surface area contributed by atoms with Gasteiger partial charge in [-0.05, 0) is 18.6 Å². The van der Waals surface area contributed by atoms with E-state index in [9.17, 15) is 4.79 Å². The number of aromatic nitrogens is 4. The normalized spacial score (nSPS) is 12.4. The van der Waals surface area contributed by atoms with Crippen molar-refractivity contribution in [2.75, 3.05) is 0 Å². The molecule has 2 rings (SSSR count). The monoisotopic (exact) mass is 287 g/mol. The third-order valence-electron chi connectivity index (χ3n) is 3.35. The molecular formula is C15H21N5O. The number of nitrogens with one attached hydrogen (secondary N) is 1. The van der Waals surface area contributed by atoms with Gasteiger partial charge in [0.1, 0.15) is 11.5 Å². The molecule has 0 saturated heterocycles. The van der Waals surface area contributed by atoms with Crippen LogP contribution in [0.4, 0.5) is 0 Å². The zero-order valence-electron chi connectivity index (χ0n) is 12.9. The molecule has 1 atom stereocenters. The largest absolute Gasteiger partial charge is 0.342 e. The van der Waals surface area contributed by atoms with Crippen molar-refractivity contribution in [3.63, 3.8) is 0 Å². The average Bonchev–Trinajstić information content (AvgIpc) is 2.90. The predicted molar refractivity (Wildman–Crippen MR) is 79.8 cm³/mol. The third-order valence-corrected chi connectivity index (χ3v) is 3.35. The summed E-state index contributed by atoms with van der Waals surface area (Å²) in [6, 6.07) is 3.47. The molecule has 0 aliphatic heterocycles. The molecule has 6 heteroatoms. The smallest absolute Gasteiger partial charge is 0.270 e. The zero-order chi connectivity index (χ0) is 15.4. The highest BCUT2D eigenvalue weighted by Gasteiger charge is 2.18. The van der Waals surface area contributed by atoms with Crippen molar-refractivity contribution in [1.82, 2.24) is 25.1 Å². The topological polar surface area (TPSA) is 72.7 Å². The molecule has 2 aromatic heterocycles. The molecule has 0 unspecified atom stereocenters. The van der Waals surface area contributed by atoms with Crippen LogP contribution in [0.3, 0.4) is 0 Å². The number of hydrogen-bond donors (Lipinski definition) is 1. The van der Waals surface area contributed by atoms with E-state index < -0.39 is 0 Å². The summed E-state index contributed by atoms with van der Waals surface area (Å²) in [5, 5.41) is 7.14. The predicted octanol–water partition coefficient (Wildman–Crippen LogP) is 2.21. The van der Waals surface area contributed by atoms with Gasteiger partial charge in [0, 0.05) is 25.4 Å². The van der Waals surface area contributed by atoms with E-state index in [4.69, 9.17) is 0 Å². The Morgan fingerprint density at radius 3 is 2.67 bits per heavy atom. The third kappa shape index (κ3) is 3.45. The standard InChI is InChI=1S/C15H21N5O/c1-5-11(13-7-9-17-20(13)4)19-15(21)12-6-8-16-14(18-12)10(2)3/h6-11H,5H2,1-4H3,(H,19,21)/t11-/m0/s1. The molecular weight excluding hydrogens is 266 g/mol. The second-order valence-corrected chi connectivity index (χ2v) is 5.27. The fraction of sp³-hybridized carbons (Fsp3) is 0.467. The van der Waals surface area contributed by atoms with Crippen LogP contribution < -0.4 is 5.32 Å². The van der Waals surface area contributed by atoms with Gasteiger partial charge < -0.3 is 5.32 Å². The maximum atomic E-state index is 12.4. The molecule has 0 bridgehead atoms. The van der Waals surface area contributed by atoms with Crippen molar-refractivity contribution in [3.05, 3.63) is 41.7 Å². The van der Waals surface area contributed by atoms with E-state index in [1.165, 1.54) is 0 Å². The molecule has 0 saturated carbocycles. The minimum absolute atomic E-state index is 0.0811. The summed E-state index contributed by atoms with van der Waals surface area (Å²) >= 11 is 0. The summed E-state index contributed by atoms with van der Waals surface area (Å²) in [6.45, 7) is 6.03. The Hall–Kier alpha value is -2.24. The molecule has 0 radical (unpaired) electrons. The summed E-state index contributed by atoms with van der Waals surface area (Å²) in [7, 11) is 1.87. The number of nitrogens with zero attached hydrogens (tertiary/aromatic N) is 4. The van der Waals surface area contributed by atoms with Crippen molar-refractivity contribution in [1.29, 1.82) is 0 Å². The van der Waals surface area contributed by atoms with E-state index in [1.807, 2.05) is 33.9 Å². The Morgan fingerprint density at radius 2 is 2.10 bits per heavy atom. The zero-order valence-corrected chi connectivity index (χ0v) is 12.9. The van der Waals surface area contributed by atoms with Gasteiger partial charge >= 0.3 is 0 Å². The van der Waals surface area contributed by atoms with Gasteiger partial charge in [0.2, 0.25) is 0 Å². The maximum Gasteiger partial charge on any atom is 0.270 e. The first kappa shape index (κ1) is 15.2. The summed E-state index contributed by atoms with van der Waals surface area (Å²) in [6.07, 6.45) is 4.14. The fourth-order valence-electron chi connectivity index (χ4n) is 2.12. The molecule has 0 aromatic carbocycles. The lowest BCUT2D eigenvalue weighted by Crippen LogP contribution is -2.30. The Kier molecular flexibility index (Phi) is 4.67. The number of rotatable bonds is 5. The average molecular weight is 287 g/mol. The molecule has 0 aliphatic carbocycles. The lowest BCUT2D eigenvalue weighted by molar-refractivity contribution is 0.0928. The molecule has 2 heterocycles.